The molecule has 0 fully saturated rings. The smallest absolute Gasteiger partial charge is 0.431 e. The summed E-state index contributed by atoms with van der Waals surface area (Å²) in [6.07, 6.45) is -3.07. The van der Waals surface area contributed by atoms with Gasteiger partial charge in [0.2, 0.25) is 0 Å². The molecule has 0 radical (unpaired) electrons. The minimum Gasteiger partial charge on any atom is -0.459 e. The van der Waals surface area contributed by atoms with Crippen LogP contribution in [0.1, 0.15) is 16.2 Å². The van der Waals surface area contributed by atoms with Crippen molar-refractivity contribution in [3.63, 3.8) is 0 Å². The maximum absolute atomic E-state index is 12.6. The van der Waals surface area contributed by atoms with Crippen LogP contribution in [0.25, 0.3) is 10.9 Å². The second-order valence-corrected chi connectivity index (χ2v) is 4.41. The number of furan rings is 1. The first-order valence-electron chi connectivity index (χ1n) is 5.98. The van der Waals surface area contributed by atoms with E-state index in [0.29, 0.717) is 16.6 Å². The molecule has 21 heavy (non-hydrogen) atoms. The number of nitrogens with one attached hydrogen (secondary N) is 2. The largest absolute Gasteiger partial charge is 0.459 e. The Hall–Kier alpha value is -2.70. The van der Waals surface area contributed by atoms with E-state index in [1.165, 1.54) is 30.5 Å². The van der Waals surface area contributed by atoms with E-state index >= 15 is 0 Å². The van der Waals surface area contributed by atoms with Crippen molar-refractivity contribution in [1.82, 2.24) is 4.98 Å². The fourth-order valence-corrected chi connectivity index (χ4v) is 1.96. The van der Waals surface area contributed by atoms with Crippen molar-refractivity contribution in [2.75, 3.05) is 5.32 Å². The zero-order chi connectivity index (χ0) is 15.0. The summed E-state index contributed by atoms with van der Waals surface area (Å²) < 4.78 is 42.8. The molecule has 0 bridgehead atoms. The molecule has 3 aromatic rings. The van der Waals surface area contributed by atoms with Crippen molar-refractivity contribution in [3.8, 4) is 0 Å². The van der Waals surface area contributed by atoms with Crippen LogP contribution in [-0.2, 0) is 6.18 Å². The molecule has 2 heterocycles. The molecule has 0 saturated heterocycles. The number of aromatic nitrogens is 1. The number of alkyl halides is 3. The van der Waals surface area contributed by atoms with Gasteiger partial charge in [-0.2, -0.15) is 13.2 Å². The lowest BCUT2D eigenvalue weighted by Gasteiger charge is -2.02. The predicted octanol–water partition coefficient (Wildman–Crippen LogP) is 4.03. The van der Waals surface area contributed by atoms with E-state index < -0.39 is 17.8 Å². The lowest BCUT2D eigenvalue weighted by atomic mass is 10.2. The molecular weight excluding hydrogens is 285 g/mol. The molecule has 1 aromatic carbocycles. The van der Waals surface area contributed by atoms with Gasteiger partial charge >= 0.3 is 6.18 Å². The number of halogens is 3. The third kappa shape index (κ3) is 2.62. The highest BCUT2D eigenvalue weighted by Gasteiger charge is 2.32. The molecular formula is C14H9F3N2O2. The van der Waals surface area contributed by atoms with Crippen LogP contribution in [0.5, 0.6) is 0 Å². The predicted molar refractivity (Wildman–Crippen MR) is 70.0 cm³/mol. The minimum atomic E-state index is -4.43. The number of benzene rings is 1. The summed E-state index contributed by atoms with van der Waals surface area (Å²) in [7, 11) is 0. The summed E-state index contributed by atoms with van der Waals surface area (Å²) in [5.41, 5.74) is -0.0954. The standard InChI is InChI=1S/C14H9F3N2O2/c15-14(16,17)12-7-8-6-9(3-4-10(8)19-12)18-13(20)11-2-1-5-21-11/h1-7,19H,(H,18,20). The number of rotatable bonds is 2. The van der Waals surface area contributed by atoms with Crippen molar-refractivity contribution in [1.29, 1.82) is 0 Å². The lowest BCUT2D eigenvalue weighted by molar-refractivity contribution is -0.140. The van der Waals surface area contributed by atoms with Crippen LogP contribution in [0.2, 0.25) is 0 Å². The molecule has 2 N–H and O–H groups in total. The van der Waals surface area contributed by atoms with Crippen molar-refractivity contribution in [3.05, 3.63) is 54.1 Å². The summed E-state index contributed by atoms with van der Waals surface area (Å²) >= 11 is 0. The van der Waals surface area contributed by atoms with E-state index in [-0.39, 0.29) is 5.76 Å². The fraction of sp³-hybridized carbons (Fsp3) is 0.0714. The fourth-order valence-electron chi connectivity index (χ4n) is 1.96. The molecule has 0 aliphatic heterocycles. The van der Waals surface area contributed by atoms with E-state index in [4.69, 9.17) is 4.42 Å². The summed E-state index contributed by atoms with van der Waals surface area (Å²) in [5, 5.41) is 2.92. The van der Waals surface area contributed by atoms with Crippen molar-refractivity contribution >= 4 is 22.5 Å². The van der Waals surface area contributed by atoms with Crippen LogP contribution >= 0.6 is 0 Å². The van der Waals surface area contributed by atoms with Gasteiger partial charge in [-0.05, 0) is 36.4 Å². The number of fused-ring (bicyclic) bond motifs is 1. The molecule has 1 amide bonds. The quantitative estimate of drug-likeness (QED) is 0.749. The van der Waals surface area contributed by atoms with Gasteiger partial charge in [-0.25, -0.2) is 0 Å². The Morgan fingerprint density at radius 1 is 1.19 bits per heavy atom. The molecule has 0 unspecified atom stereocenters. The summed E-state index contributed by atoms with van der Waals surface area (Å²) in [4.78, 5) is 14.1. The van der Waals surface area contributed by atoms with Crippen LogP contribution in [-0.4, -0.2) is 10.9 Å². The zero-order valence-corrected chi connectivity index (χ0v) is 10.5. The number of hydrogen-bond donors (Lipinski definition) is 2. The molecule has 0 aliphatic rings. The Morgan fingerprint density at radius 3 is 2.67 bits per heavy atom. The summed E-state index contributed by atoms with van der Waals surface area (Å²) in [6, 6.07) is 8.51. The number of carbonyl (C=O) groups excluding carboxylic acids is 1. The van der Waals surface area contributed by atoms with Crippen LogP contribution in [0, 0.1) is 0 Å². The topological polar surface area (TPSA) is 58.0 Å². The number of aromatic amines is 1. The van der Waals surface area contributed by atoms with Gasteiger partial charge in [-0.3, -0.25) is 4.79 Å². The number of hydrogen-bond acceptors (Lipinski definition) is 2. The van der Waals surface area contributed by atoms with E-state index in [9.17, 15) is 18.0 Å². The third-order valence-electron chi connectivity index (χ3n) is 2.93. The Labute approximate surface area is 116 Å². The Kier molecular flexibility index (Phi) is 2.97. The first-order valence-corrected chi connectivity index (χ1v) is 5.98. The maximum atomic E-state index is 12.6. The normalized spacial score (nSPS) is 11.8. The molecule has 0 spiro atoms. The van der Waals surface area contributed by atoms with Crippen molar-refractivity contribution in [2.24, 2.45) is 0 Å². The third-order valence-corrected chi connectivity index (χ3v) is 2.93. The number of amides is 1. The van der Waals surface area contributed by atoms with Gasteiger partial charge in [0.15, 0.2) is 5.76 Å². The average Bonchev–Trinajstić information content (AvgIpc) is 3.06. The first-order chi connectivity index (χ1) is 9.93. The van der Waals surface area contributed by atoms with Gasteiger partial charge in [0.1, 0.15) is 5.69 Å². The van der Waals surface area contributed by atoms with E-state index in [0.717, 1.165) is 6.07 Å². The van der Waals surface area contributed by atoms with E-state index in [1.807, 2.05) is 0 Å². The lowest BCUT2D eigenvalue weighted by Crippen LogP contribution is -2.10. The molecule has 4 nitrogen and oxygen atoms in total. The average molecular weight is 294 g/mol. The van der Waals surface area contributed by atoms with Crippen LogP contribution in [0.15, 0.2) is 47.1 Å². The van der Waals surface area contributed by atoms with Crippen LogP contribution < -0.4 is 5.32 Å². The van der Waals surface area contributed by atoms with Gasteiger partial charge in [0.25, 0.3) is 5.91 Å². The van der Waals surface area contributed by atoms with Crippen LogP contribution in [0.4, 0.5) is 18.9 Å². The van der Waals surface area contributed by atoms with Gasteiger partial charge in [0, 0.05) is 16.6 Å². The molecule has 0 aliphatic carbocycles. The second-order valence-electron chi connectivity index (χ2n) is 4.41. The molecule has 7 heteroatoms. The molecule has 3 rings (SSSR count). The van der Waals surface area contributed by atoms with E-state index in [1.54, 1.807) is 6.07 Å². The summed E-state index contributed by atoms with van der Waals surface area (Å²) in [5.74, 6) is -0.342. The molecule has 0 atom stereocenters. The number of H-pyrrole nitrogens is 1. The Morgan fingerprint density at radius 2 is 2.00 bits per heavy atom. The van der Waals surface area contributed by atoms with Gasteiger partial charge in [-0.15, -0.1) is 0 Å². The SMILES string of the molecule is O=C(Nc1ccc2[nH]c(C(F)(F)F)cc2c1)c1ccco1. The molecule has 108 valence electrons. The Bertz CT molecular complexity index is 788. The van der Waals surface area contributed by atoms with Gasteiger partial charge in [-0.1, -0.05) is 0 Å². The number of anilines is 1. The second kappa shape index (κ2) is 4.69. The van der Waals surface area contributed by atoms with Gasteiger partial charge < -0.3 is 14.7 Å². The van der Waals surface area contributed by atoms with Crippen LogP contribution in [0.3, 0.4) is 0 Å². The maximum Gasteiger partial charge on any atom is 0.431 e. The molecule has 2 aromatic heterocycles. The van der Waals surface area contributed by atoms with Gasteiger partial charge in [0.05, 0.1) is 6.26 Å². The first kappa shape index (κ1) is 13.3. The van der Waals surface area contributed by atoms with Crippen molar-refractivity contribution < 1.29 is 22.4 Å². The summed E-state index contributed by atoms with van der Waals surface area (Å²) in [6.45, 7) is 0. The highest BCUT2D eigenvalue weighted by atomic mass is 19.4. The zero-order valence-electron chi connectivity index (χ0n) is 10.5. The Balaban J connectivity index is 1.89. The molecule has 0 saturated carbocycles. The highest BCUT2D eigenvalue weighted by molar-refractivity contribution is 6.03. The highest BCUT2D eigenvalue weighted by Crippen LogP contribution is 2.31. The minimum absolute atomic E-state index is 0.125. The monoisotopic (exact) mass is 294 g/mol. The van der Waals surface area contributed by atoms with Crippen molar-refractivity contribution in [2.45, 2.75) is 6.18 Å². The van der Waals surface area contributed by atoms with E-state index in [2.05, 4.69) is 10.3 Å². The number of carbonyl (C=O) groups is 1.